The Morgan fingerprint density at radius 1 is 1.21 bits per heavy atom. The van der Waals surface area contributed by atoms with Crippen LogP contribution < -0.4 is 15.5 Å². The van der Waals surface area contributed by atoms with Crippen molar-refractivity contribution in [1.29, 1.82) is 0 Å². The van der Waals surface area contributed by atoms with E-state index < -0.39 is 5.82 Å². The Labute approximate surface area is 110 Å². The van der Waals surface area contributed by atoms with E-state index in [0.717, 1.165) is 24.1 Å². The molecule has 0 saturated carbocycles. The van der Waals surface area contributed by atoms with Gasteiger partial charge in [0.2, 0.25) is 5.95 Å². The van der Waals surface area contributed by atoms with Gasteiger partial charge in [-0.2, -0.15) is 4.98 Å². The van der Waals surface area contributed by atoms with Crippen LogP contribution in [0.2, 0.25) is 0 Å². The van der Waals surface area contributed by atoms with Crippen molar-refractivity contribution in [2.45, 2.75) is 0 Å². The van der Waals surface area contributed by atoms with Crippen LogP contribution in [0.4, 0.5) is 27.5 Å². The van der Waals surface area contributed by atoms with Crippen LogP contribution in [-0.4, -0.2) is 30.1 Å². The monoisotopic (exact) mass is 259 g/mol. The molecule has 0 amide bonds. The third-order valence-corrected chi connectivity index (χ3v) is 3.24. The number of nitrogens with zero attached hydrogens (tertiary/aromatic N) is 4. The maximum atomic E-state index is 13.9. The molecule has 0 spiro atoms. The van der Waals surface area contributed by atoms with Crippen LogP contribution >= 0.6 is 0 Å². The highest BCUT2D eigenvalue weighted by molar-refractivity contribution is 5.78. The molecule has 0 aliphatic carbocycles. The molecule has 2 heterocycles. The Balaban J connectivity index is 2.12. The van der Waals surface area contributed by atoms with E-state index >= 15 is 0 Å². The average Bonchev–Trinajstić information content (AvgIpc) is 2.43. The lowest BCUT2D eigenvalue weighted by molar-refractivity contribution is 0.609. The van der Waals surface area contributed by atoms with E-state index in [1.807, 2.05) is 36.2 Å². The summed E-state index contributed by atoms with van der Waals surface area (Å²) in [6.45, 7) is 1.45. The van der Waals surface area contributed by atoms with Crippen molar-refractivity contribution >= 4 is 23.1 Å². The summed E-state index contributed by atoms with van der Waals surface area (Å²) in [5.41, 5.74) is 7.53. The number of hydrogen-bond acceptors (Lipinski definition) is 5. The summed E-state index contributed by atoms with van der Waals surface area (Å²) < 4.78 is 13.9. The summed E-state index contributed by atoms with van der Waals surface area (Å²) in [5, 5.41) is 0. The lowest BCUT2D eigenvalue weighted by Crippen LogP contribution is -2.37. The van der Waals surface area contributed by atoms with Gasteiger partial charge in [-0.1, -0.05) is 12.1 Å². The number of aromatic nitrogens is 2. The quantitative estimate of drug-likeness (QED) is 0.846. The number of nitrogens with two attached hydrogens (primary N) is 1. The van der Waals surface area contributed by atoms with E-state index in [1.54, 1.807) is 0 Å². The van der Waals surface area contributed by atoms with Crippen LogP contribution in [-0.2, 0) is 0 Å². The van der Waals surface area contributed by atoms with Gasteiger partial charge >= 0.3 is 0 Å². The number of hydrogen-bond donors (Lipinski definition) is 1. The smallest absolute Gasteiger partial charge is 0.222 e. The van der Waals surface area contributed by atoms with Gasteiger partial charge < -0.3 is 15.5 Å². The van der Waals surface area contributed by atoms with Gasteiger partial charge in [0.25, 0.3) is 0 Å². The molecule has 1 aliphatic heterocycles. The van der Waals surface area contributed by atoms with Crippen molar-refractivity contribution in [3.8, 4) is 0 Å². The Morgan fingerprint density at radius 3 is 2.74 bits per heavy atom. The second-order valence-corrected chi connectivity index (χ2v) is 4.46. The topological polar surface area (TPSA) is 58.3 Å². The highest BCUT2D eigenvalue weighted by Gasteiger charge is 2.24. The van der Waals surface area contributed by atoms with Gasteiger partial charge in [0.1, 0.15) is 0 Å². The van der Waals surface area contributed by atoms with Crippen LogP contribution in [0.25, 0.3) is 0 Å². The number of rotatable bonds is 1. The predicted octanol–water partition coefficient (Wildman–Crippen LogP) is 1.79. The number of likely N-dealkylation sites (N-methyl/N-ethyl adjacent to an activating group) is 1. The molecule has 5 nitrogen and oxygen atoms in total. The number of nitrogen functional groups attached to an aromatic ring is 1. The largest absolute Gasteiger partial charge is 0.371 e. The van der Waals surface area contributed by atoms with Gasteiger partial charge in [-0.25, -0.2) is 9.37 Å². The molecule has 2 aromatic rings. The molecule has 1 aromatic carbocycles. The fourth-order valence-electron chi connectivity index (χ4n) is 2.29. The normalized spacial score (nSPS) is 14.4. The van der Waals surface area contributed by atoms with Gasteiger partial charge in [0, 0.05) is 20.1 Å². The predicted molar refractivity (Wildman–Crippen MR) is 73.1 cm³/mol. The zero-order chi connectivity index (χ0) is 13.4. The van der Waals surface area contributed by atoms with E-state index in [9.17, 15) is 4.39 Å². The van der Waals surface area contributed by atoms with Gasteiger partial charge in [-0.15, -0.1) is 0 Å². The molecule has 0 fully saturated rings. The molecule has 0 unspecified atom stereocenters. The van der Waals surface area contributed by atoms with Crippen LogP contribution in [0.15, 0.2) is 30.5 Å². The zero-order valence-electron chi connectivity index (χ0n) is 10.5. The fourth-order valence-corrected chi connectivity index (χ4v) is 2.29. The molecule has 1 aromatic heterocycles. The van der Waals surface area contributed by atoms with Crippen LogP contribution in [0.3, 0.4) is 0 Å². The minimum Gasteiger partial charge on any atom is -0.371 e. The fraction of sp³-hybridized carbons (Fsp3) is 0.231. The summed E-state index contributed by atoms with van der Waals surface area (Å²) in [4.78, 5) is 11.6. The van der Waals surface area contributed by atoms with Crippen molar-refractivity contribution in [3.63, 3.8) is 0 Å². The standard InChI is InChI=1S/C13H14FN5/c1-18-6-7-19(11-5-3-2-4-10(11)18)12-9(14)8-16-13(15)17-12/h2-5,8H,6-7H2,1H3,(H2,15,16,17). The minimum absolute atomic E-state index is 0.0767. The third-order valence-electron chi connectivity index (χ3n) is 3.24. The lowest BCUT2D eigenvalue weighted by atomic mass is 10.1. The molecule has 19 heavy (non-hydrogen) atoms. The molecular formula is C13H14FN5. The molecular weight excluding hydrogens is 245 g/mol. The highest BCUT2D eigenvalue weighted by Crippen LogP contribution is 2.36. The van der Waals surface area contributed by atoms with Crippen molar-refractivity contribution in [2.24, 2.45) is 0 Å². The van der Waals surface area contributed by atoms with E-state index in [1.165, 1.54) is 0 Å². The van der Waals surface area contributed by atoms with E-state index in [4.69, 9.17) is 5.73 Å². The number of benzene rings is 1. The first-order chi connectivity index (χ1) is 9.16. The summed E-state index contributed by atoms with van der Waals surface area (Å²) in [5.74, 6) is -0.158. The molecule has 98 valence electrons. The minimum atomic E-state index is -0.464. The molecule has 0 saturated heterocycles. The number of halogens is 1. The SMILES string of the molecule is CN1CCN(c2nc(N)ncc2F)c2ccccc21. The first kappa shape index (κ1) is 11.7. The number of para-hydroxylation sites is 2. The highest BCUT2D eigenvalue weighted by atomic mass is 19.1. The molecule has 0 atom stereocenters. The van der Waals surface area contributed by atoms with Gasteiger partial charge in [0.15, 0.2) is 11.6 Å². The van der Waals surface area contributed by atoms with Gasteiger partial charge in [-0.05, 0) is 12.1 Å². The number of anilines is 4. The third kappa shape index (κ3) is 1.95. The maximum Gasteiger partial charge on any atom is 0.222 e. The Morgan fingerprint density at radius 2 is 1.95 bits per heavy atom. The molecule has 1 aliphatic rings. The van der Waals surface area contributed by atoms with E-state index in [-0.39, 0.29) is 11.8 Å². The Bertz CT molecular complexity index is 616. The second kappa shape index (κ2) is 4.38. The first-order valence-corrected chi connectivity index (χ1v) is 6.02. The average molecular weight is 259 g/mol. The first-order valence-electron chi connectivity index (χ1n) is 6.02. The zero-order valence-corrected chi connectivity index (χ0v) is 10.5. The van der Waals surface area contributed by atoms with Crippen molar-refractivity contribution in [1.82, 2.24) is 9.97 Å². The van der Waals surface area contributed by atoms with Crippen molar-refractivity contribution in [2.75, 3.05) is 35.7 Å². The van der Waals surface area contributed by atoms with Crippen LogP contribution in [0.5, 0.6) is 0 Å². The molecule has 6 heteroatoms. The van der Waals surface area contributed by atoms with E-state index in [0.29, 0.717) is 6.54 Å². The van der Waals surface area contributed by atoms with Crippen molar-refractivity contribution in [3.05, 3.63) is 36.3 Å². The van der Waals surface area contributed by atoms with Crippen LogP contribution in [0.1, 0.15) is 0 Å². The lowest BCUT2D eigenvalue weighted by Gasteiger charge is -2.36. The Hall–Kier alpha value is -2.37. The molecule has 0 radical (unpaired) electrons. The van der Waals surface area contributed by atoms with Crippen LogP contribution in [0, 0.1) is 5.82 Å². The summed E-state index contributed by atoms with van der Waals surface area (Å²) in [6.07, 6.45) is 1.11. The molecule has 2 N–H and O–H groups in total. The molecule has 0 bridgehead atoms. The van der Waals surface area contributed by atoms with Crippen molar-refractivity contribution < 1.29 is 4.39 Å². The maximum absolute atomic E-state index is 13.9. The summed E-state index contributed by atoms with van der Waals surface area (Å²) in [7, 11) is 2.01. The summed E-state index contributed by atoms with van der Waals surface area (Å²) in [6, 6.07) is 7.84. The van der Waals surface area contributed by atoms with E-state index in [2.05, 4.69) is 14.9 Å². The van der Waals surface area contributed by atoms with Gasteiger partial charge in [0.05, 0.1) is 17.6 Å². The number of fused-ring (bicyclic) bond motifs is 1. The molecule has 3 rings (SSSR count). The van der Waals surface area contributed by atoms with Gasteiger partial charge in [-0.3, -0.25) is 0 Å². The second-order valence-electron chi connectivity index (χ2n) is 4.46. The summed E-state index contributed by atoms with van der Waals surface area (Å²) >= 11 is 0. The Kier molecular flexibility index (Phi) is 2.70.